The zero-order valence-electron chi connectivity index (χ0n) is 12.2. The molecule has 1 aromatic carbocycles. The lowest BCUT2D eigenvalue weighted by molar-refractivity contribution is 0.156. The van der Waals surface area contributed by atoms with E-state index in [1.54, 1.807) is 0 Å². The quantitative estimate of drug-likeness (QED) is 0.866. The summed E-state index contributed by atoms with van der Waals surface area (Å²) in [5.74, 6) is -1.07. The first-order chi connectivity index (χ1) is 9.63. The van der Waals surface area contributed by atoms with Crippen LogP contribution in [-0.2, 0) is 0 Å². The Morgan fingerprint density at radius 2 is 1.81 bits per heavy atom. The summed E-state index contributed by atoms with van der Waals surface area (Å²) in [5, 5.41) is 3.37. The van der Waals surface area contributed by atoms with Crippen molar-refractivity contribution in [1.29, 1.82) is 0 Å². The molecule has 1 aliphatic heterocycles. The molecular weight excluding hydrogens is 317 g/mol. The highest BCUT2D eigenvalue weighted by molar-refractivity contribution is 6.30. The van der Waals surface area contributed by atoms with Crippen molar-refractivity contribution in [2.24, 2.45) is 0 Å². The highest BCUT2D eigenvalue weighted by atomic mass is 35.5. The summed E-state index contributed by atoms with van der Waals surface area (Å²) in [6.45, 7) is 5.44. The predicted molar refractivity (Wildman–Crippen MR) is 85.3 cm³/mol. The largest absolute Gasteiger partial charge is 0.314 e. The standard InChI is InChI=1S/C15H21ClF2N2.ClH/c1-2-3-4-14(20-7-5-19-6-8-20)15-12(17)9-11(16)10-13(15)18;/h9-10,14,19H,2-8H2,1H3;1H/t14-;/m1./s1. The van der Waals surface area contributed by atoms with Crippen LogP contribution >= 0.6 is 24.0 Å². The maximum Gasteiger partial charge on any atom is 0.132 e. The second-order valence-electron chi connectivity index (χ2n) is 5.23. The maximum absolute atomic E-state index is 14.2. The van der Waals surface area contributed by atoms with Crippen molar-refractivity contribution in [3.8, 4) is 0 Å². The lowest BCUT2D eigenvalue weighted by atomic mass is 9.97. The minimum absolute atomic E-state index is 0. The molecule has 0 saturated carbocycles. The number of benzene rings is 1. The highest BCUT2D eigenvalue weighted by Gasteiger charge is 2.27. The van der Waals surface area contributed by atoms with Gasteiger partial charge in [-0.15, -0.1) is 12.4 Å². The van der Waals surface area contributed by atoms with Crippen molar-refractivity contribution in [2.45, 2.75) is 32.2 Å². The van der Waals surface area contributed by atoms with E-state index in [9.17, 15) is 8.78 Å². The van der Waals surface area contributed by atoms with Gasteiger partial charge in [-0.3, -0.25) is 4.90 Å². The van der Waals surface area contributed by atoms with E-state index in [4.69, 9.17) is 11.6 Å². The summed E-state index contributed by atoms with van der Waals surface area (Å²) < 4.78 is 28.4. The second kappa shape index (κ2) is 8.89. The number of nitrogens with zero attached hydrogens (tertiary/aromatic N) is 1. The lowest BCUT2D eigenvalue weighted by Gasteiger charge is -2.35. The van der Waals surface area contributed by atoms with Gasteiger partial charge in [0, 0.05) is 42.8 Å². The Morgan fingerprint density at radius 1 is 1.24 bits per heavy atom. The zero-order chi connectivity index (χ0) is 14.5. The van der Waals surface area contributed by atoms with E-state index in [1.165, 1.54) is 12.1 Å². The van der Waals surface area contributed by atoms with Crippen molar-refractivity contribution in [2.75, 3.05) is 26.2 Å². The van der Waals surface area contributed by atoms with Gasteiger partial charge in [-0.05, 0) is 18.6 Å². The molecule has 0 radical (unpaired) electrons. The third-order valence-electron chi connectivity index (χ3n) is 3.80. The van der Waals surface area contributed by atoms with E-state index in [0.717, 1.165) is 45.4 Å². The third kappa shape index (κ3) is 4.78. The van der Waals surface area contributed by atoms with Gasteiger partial charge in [0.1, 0.15) is 11.6 Å². The van der Waals surface area contributed by atoms with Crippen molar-refractivity contribution < 1.29 is 8.78 Å². The number of nitrogens with one attached hydrogen (secondary N) is 1. The molecule has 2 rings (SSSR count). The molecule has 1 fully saturated rings. The Labute approximate surface area is 136 Å². The molecule has 1 atom stereocenters. The minimum atomic E-state index is -0.533. The number of halogens is 4. The van der Waals surface area contributed by atoms with Gasteiger partial charge in [-0.2, -0.15) is 0 Å². The molecular formula is C15H22Cl2F2N2. The van der Waals surface area contributed by atoms with Gasteiger partial charge >= 0.3 is 0 Å². The summed E-state index contributed by atoms with van der Waals surface area (Å²) in [5.41, 5.74) is 0.171. The molecule has 0 amide bonds. The molecule has 21 heavy (non-hydrogen) atoms. The Bertz CT molecular complexity index is 428. The molecule has 1 N–H and O–H groups in total. The van der Waals surface area contributed by atoms with Gasteiger partial charge in [0.2, 0.25) is 0 Å². The number of hydrogen-bond donors (Lipinski definition) is 1. The van der Waals surface area contributed by atoms with Crippen LogP contribution in [0.5, 0.6) is 0 Å². The van der Waals surface area contributed by atoms with Crippen molar-refractivity contribution in [1.82, 2.24) is 10.2 Å². The van der Waals surface area contributed by atoms with E-state index in [1.807, 2.05) is 0 Å². The second-order valence-corrected chi connectivity index (χ2v) is 5.66. The molecule has 0 spiro atoms. The number of rotatable bonds is 5. The summed E-state index contributed by atoms with van der Waals surface area (Å²) >= 11 is 5.71. The number of hydrogen-bond acceptors (Lipinski definition) is 2. The molecule has 2 nitrogen and oxygen atoms in total. The first-order valence-corrected chi connectivity index (χ1v) is 7.60. The third-order valence-corrected chi connectivity index (χ3v) is 4.02. The van der Waals surface area contributed by atoms with Crippen LogP contribution in [0.2, 0.25) is 5.02 Å². The molecule has 0 aliphatic carbocycles. The van der Waals surface area contributed by atoms with Crippen LogP contribution in [-0.4, -0.2) is 31.1 Å². The average Bonchev–Trinajstić information content (AvgIpc) is 2.42. The Balaban J connectivity index is 0.00000220. The fourth-order valence-corrected chi connectivity index (χ4v) is 2.96. The average molecular weight is 339 g/mol. The first kappa shape index (κ1) is 18.6. The Hall–Kier alpha value is -0.420. The maximum atomic E-state index is 14.2. The molecule has 0 aromatic heterocycles. The topological polar surface area (TPSA) is 15.3 Å². The normalized spacial score (nSPS) is 17.3. The lowest BCUT2D eigenvalue weighted by Crippen LogP contribution is -2.45. The highest BCUT2D eigenvalue weighted by Crippen LogP contribution is 2.32. The molecule has 1 aliphatic rings. The predicted octanol–water partition coefficient (Wildman–Crippen LogP) is 4.18. The van der Waals surface area contributed by atoms with E-state index in [0.29, 0.717) is 0 Å². The van der Waals surface area contributed by atoms with Crippen molar-refractivity contribution >= 4 is 24.0 Å². The van der Waals surface area contributed by atoms with E-state index >= 15 is 0 Å². The van der Waals surface area contributed by atoms with Crippen LogP contribution in [0.4, 0.5) is 8.78 Å². The van der Waals surface area contributed by atoms with Gasteiger partial charge in [0.15, 0.2) is 0 Å². The monoisotopic (exact) mass is 338 g/mol. The van der Waals surface area contributed by atoms with Crippen LogP contribution in [0, 0.1) is 11.6 Å². The van der Waals surface area contributed by atoms with Gasteiger partial charge in [0.25, 0.3) is 0 Å². The molecule has 1 saturated heterocycles. The van der Waals surface area contributed by atoms with Gasteiger partial charge in [0.05, 0.1) is 0 Å². The smallest absolute Gasteiger partial charge is 0.132 e. The van der Waals surface area contributed by atoms with Crippen molar-refractivity contribution in [3.05, 3.63) is 34.4 Å². The van der Waals surface area contributed by atoms with Crippen LogP contribution in [0.1, 0.15) is 37.8 Å². The Morgan fingerprint density at radius 3 is 2.33 bits per heavy atom. The van der Waals surface area contributed by atoms with E-state index in [-0.39, 0.29) is 29.0 Å². The summed E-state index contributed by atoms with van der Waals surface area (Å²) in [6, 6.07) is 2.22. The molecule has 1 heterocycles. The molecule has 0 unspecified atom stereocenters. The fourth-order valence-electron chi connectivity index (χ4n) is 2.77. The SMILES string of the molecule is CCCC[C@H](c1c(F)cc(Cl)cc1F)N1CCNCC1.Cl. The number of piperazine rings is 1. The molecule has 0 bridgehead atoms. The van der Waals surface area contributed by atoms with Crippen LogP contribution in [0.15, 0.2) is 12.1 Å². The summed E-state index contributed by atoms with van der Waals surface area (Å²) in [6.07, 6.45) is 2.74. The van der Waals surface area contributed by atoms with Crippen LogP contribution < -0.4 is 5.32 Å². The Kier molecular flexibility index (Phi) is 7.88. The van der Waals surface area contributed by atoms with Crippen LogP contribution in [0.3, 0.4) is 0 Å². The van der Waals surface area contributed by atoms with Gasteiger partial charge in [-0.1, -0.05) is 31.4 Å². The molecule has 1 aromatic rings. The summed E-state index contributed by atoms with van der Waals surface area (Å²) in [7, 11) is 0. The zero-order valence-corrected chi connectivity index (χ0v) is 13.7. The van der Waals surface area contributed by atoms with Gasteiger partial charge < -0.3 is 5.32 Å². The molecule has 120 valence electrons. The van der Waals surface area contributed by atoms with Gasteiger partial charge in [-0.25, -0.2) is 8.78 Å². The molecule has 6 heteroatoms. The first-order valence-electron chi connectivity index (χ1n) is 7.22. The van der Waals surface area contributed by atoms with Crippen LogP contribution in [0.25, 0.3) is 0 Å². The fraction of sp³-hybridized carbons (Fsp3) is 0.600. The minimum Gasteiger partial charge on any atom is -0.314 e. The van der Waals surface area contributed by atoms with Crippen molar-refractivity contribution in [3.63, 3.8) is 0 Å². The number of unbranched alkanes of at least 4 members (excludes halogenated alkanes) is 1. The van der Waals surface area contributed by atoms with E-state index in [2.05, 4.69) is 17.1 Å². The van der Waals surface area contributed by atoms with E-state index < -0.39 is 11.6 Å². The summed E-state index contributed by atoms with van der Waals surface area (Å²) in [4.78, 5) is 2.17.